The number of benzene rings is 2. The van der Waals surface area contributed by atoms with Crippen LogP contribution in [0.2, 0.25) is 0 Å². The number of rotatable bonds is 6. The lowest BCUT2D eigenvalue weighted by Gasteiger charge is -2.05. The van der Waals surface area contributed by atoms with E-state index < -0.39 is 0 Å². The van der Waals surface area contributed by atoms with E-state index in [9.17, 15) is 4.79 Å². The Balaban J connectivity index is 1.34. The van der Waals surface area contributed by atoms with Crippen LogP contribution in [0, 0.1) is 0 Å². The molecule has 0 bridgehead atoms. The van der Waals surface area contributed by atoms with Crippen molar-refractivity contribution >= 4 is 18.0 Å². The zero-order chi connectivity index (χ0) is 20.2. The third kappa shape index (κ3) is 4.63. The highest BCUT2D eigenvalue weighted by molar-refractivity contribution is 6.00. The van der Waals surface area contributed by atoms with Crippen molar-refractivity contribution in [2.45, 2.75) is 26.2 Å². The average Bonchev–Trinajstić information content (AvgIpc) is 3.35. The number of carbonyl (C=O) groups excluding carboxylic acids is 1. The first-order valence-electron chi connectivity index (χ1n) is 9.37. The predicted molar refractivity (Wildman–Crippen MR) is 108 cm³/mol. The summed E-state index contributed by atoms with van der Waals surface area (Å²) in [6, 6.07) is 13.8. The van der Waals surface area contributed by atoms with Gasteiger partial charge in [-0.2, -0.15) is 0 Å². The smallest absolute Gasteiger partial charge is 0.322 e. The van der Waals surface area contributed by atoms with Gasteiger partial charge in [-0.1, -0.05) is 49.3 Å². The lowest BCUT2D eigenvalue weighted by molar-refractivity contribution is -0.112. The van der Waals surface area contributed by atoms with Crippen LogP contribution in [-0.4, -0.2) is 22.9 Å². The van der Waals surface area contributed by atoms with Gasteiger partial charge in [-0.3, -0.25) is 10.1 Å². The summed E-state index contributed by atoms with van der Waals surface area (Å²) in [7, 11) is 0. The van der Waals surface area contributed by atoms with Gasteiger partial charge in [0.25, 0.3) is 5.91 Å². The summed E-state index contributed by atoms with van der Waals surface area (Å²) in [6.45, 7) is 4.52. The highest BCUT2D eigenvalue weighted by Gasteiger charge is 2.13. The van der Waals surface area contributed by atoms with Gasteiger partial charge in [-0.25, -0.2) is 0 Å². The van der Waals surface area contributed by atoms with Crippen LogP contribution in [0.25, 0.3) is 6.08 Å². The first-order chi connectivity index (χ1) is 14.1. The largest absolute Gasteiger partial charge is 0.454 e. The Hall–Kier alpha value is -3.61. The van der Waals surface area contributed by atoms with Crippen molar-refractivity contribution in [3.05, 3.63) is 71.1 Å². The van der Waals surface area contributed by atoms with Crippen molar-refractivity contribution in [3.63, 3.8) is 0 Å². The van der Waals surface area contributed by atoms with Crippen LogP contribution in [0.1, 0.15) is 42.3 Å². The molecule has 1 amide bonds. The number of nitrogens with one attached hydrogen (secondary N) is 1. The summed E-state index contributed by atoms with van der Waals surface area (Å²) in [5, 5.41) is 10.4. The third-order valence-electron chi connectivity index (χ3n) is 4.52. The van der Waals surface area contributed by atoms with Gasteiger partial charge in [0.15, 0.2) is 11.5 Å². The maximum atomic E-state index is 12.1. The molecule has 1 aliphatic heterocycles. The average molecular weight is 391 g/mol. The minimum Gasteiger partial charge on any atom is -0.454 e. The Morgan fingerprint density at radius 2 is 1.90 bits per heavy atom. The highest BCUT2D eigenvalue weighted by atomic mass is 16.7. The molecule has 0 spiro atoms. The Bertz CT molecular complexity index is 1040. The van der Waals surface area contributed by atoms with Crippen LogP contribution in [0.3, 0.4) is 0 Å². The molecule has 2 heterocycles. The molecular formula is C22H21N3O4. The lowest BCUT2D eigenvalue weighted by Crippen LogP contribution is -2.07. The van der Waals surface area contributed by atoms with Crippen LogP contribution >= 0.6 is 0 Å². The Kier molecular flexibility index (Phi) is 5.29. The van der Waals surface area contributed by atoms with Gasteiger partial charge < -0.3 is 13.9 Å². The number of carbonyl (C=O) groups is 1. The highest BCUT2D eigenvalue weighted by Crippen LogP contribution is 2.32. The summed E-state index contributed by atoms with van der Waals surface area (Å²) >= 11 is 0. The van der Waals surface area contributed by atoms with Crippen molar-refractivity contribution < 1.29 is 18.7 Å². The van der Waals surface area contributed by atoms with Gasteiger partial charge in [0.2, 0.25) is 12.7 Å². The lowest BCUT2D eigenvalue weighted by atomic mass is 10.0. The molecule has 29 heavy (non-hydrogen) atoms. The van der Waals surface area contributed by atoms with Crippen molar-refractivity contribution in [3.8, 4) is 11.5 Å². The van der Waals surface area contributed by atoms with Gasteiger partial charge >= 0.3 is 6.01 Å². The molecule has 3 aromatic rings. The van der Waals surface area contributed by atoms with E-state index in [0.29, 0.717) is 29.7 Å². The van der Waals surface area contributed by atoms with Crippen LogP contribution in [-0.2, 0) is 11.2 Å². The molecule has 1 aromatic heterocycles. The van der Waals surface area contributed by atoms with Gasteiger partial charge in [0.1, 0.15) is 0 Å². The zero-order valence-electron chi connectivity index (χ0n) is 16.2. The number of hydrogen-bond acceptors (Lipinski definition) is 6. The van der Waals surface area contributed by atoms with Gasteiger partial charge in [-0.05, 0) is 40.8 Å². The van der Waals surface area contributed by atoms with E-state index in [1.807, 2.05) is 24.3 Å². The molecule has 1 N–H and O–H groups in total. The fraction of sp³-hybridized carbons (Fsp3) is 0.227. The van der Waals surface area contributed by atoms with Crippen LogP contribution in [0.5, 0.6) is 11.5 Å². The fourth-order valence-corrected chi connectivity index (χ4v) is 2.91. The first kappa shape index (κ1) is 18.7. The quantitative estimate of drug-likeness (QED) is 0.635. The maximum Gasteiger partial charge on any atom is 0.322 e. The second kappa shape index (κ2) is 8.18. The number of hydrogen-bond donors (Lipinski definition) is 1. The second-order valence-electron chi connectivity index (χ2n) is 7.01. The summed E-state index contributed by atoms with van der Waals surface area (Å²) in [5.41, 5.74) is 3.17. The molecular weight excluding hydrogens is 370 g/mol. The number of aromatic nitrogens is 2. The monoisotopic (exact) mass is 391 g/mol. The summed E-state index contributed by atoms with van der Waals surface area (Å²) in [5.74, 6) is 1.93. The molecule has 148 valence electrons. The number of anilines is 1. The summed E-state index contributed by atoms with van der Waals surface area (Å²) in [6.07, 6.45) is 3.57. The van der Waals surface area contributed by atoms with Crippen molar-refractivity contribution in [1.82, 2.24) is 10.2 Å². The number of amides is 1. The second-order valence-corrected chi connectivity index (χ2v) is 7.01. The van der Waals surface area contributed by atoms with Crippen LogP contribution in [0.15, 0.2) is 53.0 Å². The summed E-state index contributed by atoms with van der Waals surface area (Å²) < 4.78 is 16.1. The van der Waals surface area contributed by atoms with Crippen molar-refractivity contribution in [1.29, 1.82) is 0 Å². The normalized spacial score (nSPS) is 12.7. The van der Waals surface area contributed by atoms with E-state index in [4.69, 9.17) is 13.9 Å². The molecule has 0 atom stereocenters. The standard InChI is InChI=1S/C22H21N3O4/c1-14(2)17-7-3-16(4-8-17)12-21-24-25-22(29-21)23-20(26)10-6-15-5-9-18-19(11-15)28-13-27-18/h3-11,14H,12-13H2,1-2H3,(H,23,25,26)/b10-6+. The Morgan fingerprint density at radius 3 is 2.69 bits per heavy atom. The van der Waals surface area contributed by atoms with E-state index in [-0.39, 0.29) is 18.7 Å². The van der Waals surface area contributed by atoms with E-state index in [0.717, 1.165) is 11.1 Å². The number of fused-ring (bicyclic) bond motifs is 1. The molecule has 7 nitrogen and oxygen atoms in total. The van der Waals surface area contributed by atoms with Gasteiger partial charge in [-0.15, -0.1) is 5.10 Å². The van der Waals surface area contributed by atoms with Crippen molar-refractivity contribution in [2.75, 3.05) is 12.1 Å². The molecule has 0 radical (unpaired) electrons. The molecule has 0 saturated heterocycles. The maximum absolute atomic E-state index is 12.1. The Labute approximate surface area is 168 Å². The first-order valence-corrected chi connectivity index (χ1v) is 9.37. The number of nitrogens with zero attached hydrogens (tertiary/aromatic N) is 2. The molecule has 1 aliphatic rings. The topological polar surface area (TPSA) is 86.5 Å². The molecule has 0 unspecified atom stereocenters. The van der Waals surface area contributed by atoms with Gasteiger partial charge in [0.05, 0.1) is 6.42 Å². The van der Waals surface area contributed by atoms with E-state index in [2.05, 4.69) is 41.5 Å². The van der Waals surface area contributed by atoms with E-state index in [1.54, 1.807) is 12.1 Å². The molecule has 0 fully saturated rings. The van der Waals surface area contributed by atoms with Crippen LogP contribution in [0.4, 0.5) is 6.01 Å². The fourth-order valence-electron chi connectivity index (χ4n) is 2.91. The van der Waals surface area contributed by atoms with Crippen molar-refractivity contribution in [2.24, 2.45) is 0 Å². The molecule has 2 aromatic carbocycles. The SMILES string of the molecule is CC(C)c1ccc(Cc2nnc(NC(=O)/C=C/c3ccc4c(c3)OCO4)o2)cc1. The van der Waals surface area contributed by atoms with Gasteiger partial charge in [0, 0.05) is 6.08 Å². The zero-order valence-corrected chi connectivity index (χ0v) is 16.2. The van der Waals surface area contributed by atoms with E-state index in [1.165, 1.54) is 11.6 Å². The molecule has 7 heteroatoms. The molecule has 0 aliphatic carbocycles. The predicted octanol–water partition coefficient (Wildman–Crippen LogP) is 4.16. The number of ether oxygens (including phenoxy) is 2. The molecule has 0 saturated carbocycles. The summed E-state index contributed by atoms with van der Waals surface area (Å²) in [4.78, 5) is 12.1. The third-order valence-corrected chi connectivity index (χ3v) is 4.52. The molecule has 4 rings (SSSR count). The minimum atomic E-state index is -0.362. The van der Waals surface area contributed by atoms with Crippen LogP contribution < -0.4 is 14.8 Å². The van der Waals surface area contributed by atoms with E-state index >= 15 is 0 Å². The minimum absolute atomic E-state index is 0.0686. The Morgan fingerprint density at radius 1 is 1.10 bits per heavy atom.